The highest BCUT2D eigenvalue weighted by molar-refractivity contribution is 6.13. The molecular formula is C61H55N5. The van der Waals surface area contributed by atoms with Crippen LogP contribution >= 0.6 is 0 Å². The maximum atomic E-state index is 5.35. The third-order valence-corrected chi connectivity index (χ3v) is 16.3. The van der Waals surface area contributed by atoms with E-state index in [4.69, 9.17) is 9.98 Å². The summed E-state index contributed by atoms with van der Waals surface area (Å²) in [5.41, 5.74) is 21.2. The number of nitrogens with one attached hydrogen (secondary N) is 1. The lowest BCUT2D eigenvalue weighted by atomic mass is 9.80. The Morgan fingerprint density at radius 2 is 1.65 bits per heavy atom. The number of benzene rings is 2. The van der Waals surface area contributed by atoms with E-state index in [0.717, 1.165) is 68.6 Å². The molecule has 5 unspecified atom stereocenters. The van der Waals surface area contributed by atoms with Crippen LogP contribution in [0.1, 0.15) is 105 Å². The minimum Gasteiger partial charge on any atom is -0.344 e. The third kappa shape index (κ3) is 6.04. The van der Waals surface area contributed by atoms with Crippen molar-refractivity contribution in [2.45, 2.75) is 89.3 Å². The Bertz CT molecular complexity index is 3240. The van der Waals surface area contributed by atoms with Crippen LogP contribution < -0.4 is 15.9 Å². The number of aromatic nitrogens is 1. The Labute approximate surface area is 388 Å². The van der Waals surface area contributed by atoms with Crippen LogP contribution in [0.4, 0.5) is 0 Å². The van der Waals surface area contributed by atoms with Crippen LogP contribution in [-0.2, 0) is 6.42 Å². The van der Waals surface area contributed by atoms with Crippen molar-refractivity contribution in [3.05, 3.63) is 217 Å². The van der Waals surface area contributed by atoms with Crippen molar-refractivity contribution >= 4 is 41.3 Å². The van der Waals surface area contributed by atoms with Crippen LogP contribution in [0.3, 0.4) is 0 Å². The van der Waals surface area contributed by atoms with E-state index >= 15 is 0 Å². The topological polar surface area (TPSA) is 44.9 Å². The molecule has 5 heteroatoms. The molecule has 0 bridgehead atoms. The fourth-order valence-electron chi connectivity index (χ4n) is 13.3. The molecule has 0 saturated carbocycles. The molecule has 5 nitrogen and oxygen atoms in total. The van der Waals surface area contributed by atoms with Gasteiger partial charge in [0, 0.05) is 56.9 Å². The maximum absolute atomic E-state index is 5.35. The van der Waals surface area contributed by atoms with Crippen LogP contribution in [0.2, 0.25) is 0 Å². The van der Waals surface area contributed by atoms with Gasteiger partial charge < -0.3 is 14.8 Å². The number of hydrogen-bond acceptors (Lipinski definition) is 4. The first kappa shape index (κ1) is 38.5. The molecule has 14 rings (SSSR count). The van der Waals surface area contributed by atoms with Gasteiger partial charge in [0.1, 0.15) is 12.0 Å². The highest BCUT2D eigenvalue weighted by Gasteiger charge is 2.46. The quantitative estimate of drug-likeness (QED) is 0.278. The SMILES string of the molecule is C1=CCC2C(=C1)C=c1c(c3c(n1C1=CC4CC(C5=NC(c6ccccc6)=NC(C6=CCCC7=C6CCCC7)N5)=CC=C4C=C1)CCC=C3)=C2N1C2=C(C=CCC2)C2C=Cc3ccccc3C21. The van der Waals surface area contributed by atoms with Crippen molar-refractivity contribution in [1.82, 2.24) is 14.8 Å². The molecule has 324 valence electrons. The van der Waals surface area contributed by atoms with Crippen molar-refractivity contribution in [1.29, 1.82) is 0 Å². The molecular weight excluding hydrogens is 803 g/mol. The average Bonchev–Trinajstić information content (AvgIpc) is 3.90. The largest absolute Gasteiger partial charge is 0.344 e. The Balaban J connectivity index is 0.885. The zero-order valence-corrected chi connectivity index (χ0v) is 37.6. The molecule has 0 saturated heterocycles. The fraction of sp³-hybridized carbons (Fsp3) is 0.279. The van der Waals surface area contributed by atoms with E-state index in [1.165, 1.54) is 104 Å². The number of aliphatic imine (C=N–C) groups is 2. The van der Waals surface area contributed by atoms with E-state index in [1.54, 1.807) is 11.1 Å². The van der Waals surface area contributed by atoms with Gasteiger partial charge in [0.2, 0.25) is 0 Å². The molecule has 1 aromatic heterocycles. The lowest BCUT2D eigenvalue weighted by molar-refractivity contribution is 0.331. The summed E-state index contributed by atoms with van der Waals surface area (Å²) in [6.45, 7) is 0. The molecule has 2 aliphatic heterocycles. The van der Waals surface area contributed by atoms with Crippen molar-refractivity contribution < 1.29 is 0 Å². The second-order valence-electron chi connectivity index (χ2n) is 19.9. The van der Waals surface area contributed by atoms with Crippen LogP contribution in [0.15, 0.2) is 188 Å². The molecule has 0 spiro atoms. The van der Waals surface area contributed by atoms with Gasteiger partial charge in [-0.25, -0.2) is 9.98 Å². The minimum absolute atomic E-state index is 0.139. The van der Waals surface area contributed by atoms with Gasteiger partial charge in [0.15, 0.2) is 5.84 Å². The monoisotopic (exact) mass is 857 g/mol. The van der Waals surface area contributed by atoms with E-state index in [-0.39, 0.29) is 18.1 Å². The van der Waals surface area contributed by atoms with Gasteiger partial charge in [-0.2, -0.15) is 0 Å². The van der Waals surface area contributed by atoms with Gasteiger partial charge >= 0.3 is 0 Å². The summed E-state index contributed by atoms with van der Waals surface area (Å²) in [4.78, 5) is 13.6. The van der Waals surface area contributed by atoms with Crippen LogP contribution in [0.25, 0.3) is 29.6 Å². The molecule has 5 atom stereocenters. The van der Waals surface area contributed by atoms with Crippen LogP contribution in [-0.4, -0.2) is 27.3 Å². The minimum atomic E-state index is -0.139. The summed E-state index contributed by atoms with van der Waals surface area (Å²) in [5, 5.41) is 6.71. The summed E-state index contributed by atoms with van der Waals surface area (Å²) in [6.07, 6.45) is 52.1. The van der Waals surface area contributed by atoms with Gasteiger partial charge in [-0.1, -0.05) is 145 Å². The predicted molar refractivity (Wildman–Crippen MR) is 271 cm³/mol. The molecule has 0 amide bonds. The molecule has 9 aliphatic carbocycles. The van der Waals surface area contributed by atoms with E-state index in [2.05, 4.69) is 167 Å². The first-order chi connectivity index (χ1) is 32.7. The second-order valence-corrected chi connectivity index (χ2v) is 19.9. The summed E-state index contributed by atoms with van der Waals surface area (Å²) >= 11 is 0. The number of nitrogens with zero attached hydrogens (tertiary/aromatic N) is 4. The predicted octanol–water partition coefficient (Wildman–Crippen LogP) is 11.8. The standard InChI is InChI=1S/C61H55N5/c1-2-17-41(18-3-1)59-62-60(64-61(63-59)51-26-14-20-39-15-4-7-21-46(39)51)43-30-29-38-31-33-45(36-44(38)35-43)65-54-28-13-11-25-52(54)56-55(65)37-42-19-6-9-23-48(42)58(56)66-53-27-12-10-24-49(53)50-34-32-40-16-5-8-22-47(40)57(50)66/h1-3,5-6,8-11,16-19,22,24-26,29-34,36-37,44,48,50,57,61H,4,7,12-15,20-21,23,27-28,35H2,(H,62,63,64). The number of amidine groups is 2. The fourth-order valence-corrected chi connectivity index (χ4v) is 13.3. The average molecular weight is 858 g/mol. The number of hydrogen-bond donors (Lipinski definition) is 1. The zero-order chi connectivity index (χ0) is 43.3. The lowest BCUT2D eigenvalue weighted by Crippen LogP contribution is -2.44. The van der Waals surface area contributed by atoms with Gasteiger partial charge in [-0.15, -0.1) is 0 Å². The van der Waals surface area contributed by atoms with Crippen molar-refractivity contribution in [3.8, 4) is 0 Å². The second kappa shape index (κ2) is 15.4. The number of rotatable bonds is 5. The van der Waals surface area contributed by atoms with Crippen molar-refractivity contribution in [3.63, 3.8) is 0 Å². The first-order valence-corrected chi connectivity index (χ1v) is 24.9. The molecule has 66 heavy (non-hydrogen) atoms. The molecule has 0 radical (unpaired) electrons. The van der Waals surface area contributed by atoms with Gasteiger partial charge in [-0.3, -0.25) is 0 Å². The highest BCUT2D eigenvalue weighted by Crippen LogP contribution is 2.55. The molecule has 0 fully saturated rings. The van der Waals surface area contributed by atoms with Gasteiger partial charge in [-0.05, 0) is 134 Å². The summed E-state index contributed by atoms with van der Waals surface area (Å²) in [6, 6.07) is 20.0. The van der Waals surface area contributed by atoms with E-state index in [1.807, 2.05) is 0 Å². The van der Waals surface area contributed by atoms with Crippen molar-refractivity contribution in [2.24, 2.45) is 27.7 Å². The van der Waals surface area contributed by atoms with Crippen LogP contribution in [0, 0.1) is 17.8 Å². The Morgan fingerprint density at radius 3 is 2.62 bits per heavy atom. The molecule has 1 N–H and O–H groups in total. The smallest absolute Gasteiger partial charge is 0.159 e. The summed E-state index contributed by atoms with van der Waals surface area (Å²) < 4.78 is 2.67. The van der Waals surface area contributed by atoms with Gasteiger partial charge in [0.25, 0.3) is 0 Å². The Hall–Kier alpha value is -6.72. The van der Waals surface area contributed by atoms with E-state index < -0.39 is 0 Å². The molecule has 11 aliphatic rings. The normalized spacial score (nSPS) is 27.5. The highest BCUT2D eigenvalue weighted by atomic mass is 15.2. The summed E-state index contributed by atoms with van der Waals surface area (Å²) in [7, 11) is 0. The lowest BCUT2D eigenvalue weighted by Gasteiger charge is -2.41. The van der Waals surface area contributed by atoms with Crippen molar-refractivity contribution in [2.75, 3.05) is 0 Å². The maximum Gasteiger partial charge on any atom is 0.159 e. The first-order valence-electron chi connectivity index (χ1n) is 24.9. The number of fused-ring (bicyclic) bond motifs is 9. The molecule has 3 heterocycles. The third-order valence-electron chi connectivity index (χ3n) is 16.3. The zero-order valence-electron chi connectivity index (χ0n) is 37.6. The number of allylic oxidation sites excluding steroid dienone is 16. The molecule has 2 aromatic carbocycles. The van der Waals surface area contributed by atoms with E-state index in [9.17, 15) is 0 Å². The Kier molecular flexibility index (Phi) is 9.02. The Morgan fingerprint density at radius 1 is 0.758 bits per heavy atom. The van der Waals surface area contributed by atoms with Gasteiger partial charge in [0.05, 0.1) is 11.4 Å². The van der Waals surface area contributed by atoms with E-state index in [0.29, 0.717) is 11.8 Å². The summed E-state index contributed by atoms with van der Waals surface area (Å²) in [5.74, 6) is 2.65. The molecule has 3 aromatic rings. The van der Waals surface area contributed by atoms with Crippen LogP contribution in [0.5, 0.6) is 0 Å².